The highest BCUT2D eigenvalue weighted by atomic mass is 35.5. The summed E-state index contributed by atoms with van der Waals surface area (Å²) in [5.41, 5.74) is 3.61. The molecule has 2 aromatic carbocycles. The van der Waals surface area contributed by atoms with Crippen LogP contribution in [0, 0.1) is 13.8 Å². The molecule has 0 aliphatic carbocycles. The number of amides is 2. The number of hydrogen-bond acceptors (Lipinski definition) is 5. The van der Waals surface area contributed by atoms with E-state index in [1.54, 1.807) is 18.2 Å². The highest BCUT2D eigenvalue weighted by molar-refractivity contribution is 6.35. The van der Waals surface area contributed by atoms with Crippen molar-refractivity contribution in [3.63, 3.8) is 0 Å². The summed E-state index contributed by atoms with van der Waals surface area (Å²) in [6.07, 6.45) is 1.52. The van der Waals surface area contributed by atoms with Crippen molar-refractivity contribution < 1.29 is 19.1 Å². The van der Waals surface area contributed by atoms with E-state index in [0.717, 1.165) is 16.0 Å². The van der Waals surface area contributed by atoms with Gasteiger partial charge in [-0.1, -0.05) is 29.8 Å². The molecule has 0 saturated carbocycles. The van der Waals surface area contributed by atoms with Crippen LogP contribution in [0.1, 0.15) is 47.8 Å². The van der Waals surface area contributed by atoms with E-state index in [-0.39, 0.29) is 23.3 Å². The molecule has 0 unspecified atom stereocenters. The van der Waals surface area contributed by atoms with Crippen molar-refractivity contribution in [2.24, 2.45) is 0 Å². The number of aromatic nitrogens is 1. The first-order valence-corrected chi connectivity index (χ1v) is 9.60. The third-order valence-electron chi connectivity index (χ3n) is 4.89. The lowest BCUT2D eigenvalue weighted by atomic mass is 10.1. The number of esters is 1. The van der Waals surface area contributed by atoms with Gasteiger partial charge in [-0.25, -0.2) is 14.7 Å². The van der Waals surface area contributed by atoms with E-state index < -0.39 is 17.8 Å². The lowest BCUT2D eigenvalue weighted by Gasteiger charge is -2.17. The Morgan fingerprint density at radius 3 is 2.50 bits per heavy atom. The predicted molar refractivity (Wildman–Crippen MR) is 112 cm³/mol. The van der Waals surface area contributed by atoms with E-state index in [4.69, 9.17) is 16.3 Å². The topological polar surface area (TPSA) is 76.6 Å². The van der Waals surface area contributed by atoms with E-state index >= 15 is 0 Å². The van der Waals surface area contributed by atoms with Gasteiger partial charge in [0.05, 0.1) is 22.4 Å². The summed E-state index contributed by atoms with van der Waals surface area (Å²) in [5, 5.41) is 0.347. The van der Waals surface area contributed by atoms with Gasteiger partial charge < -0.3 is 4.74 Å². The van der Waals surface area contributed by atoms with E-state index in [1.807, 2.05) is 26.0 Å². The maximum atomic E-state index is 13.0. The average Bonchev–Trinajstić information content (AvgIpc) is 2.99. The maximum Gasteiger partial charge on any atom is 0.338 e. The Bertz CT molecular complexity index is 1190. The second kappa shape index (κ2) is 7.72. The Balaban J connectivity index is 1.57. The van der Waals surface area contributed by atoms with Gasteiger partial charge >= 0.3 is 5.97 Å². The molecule has 0 atom stereocenters. The minimum atomic E-state index is -0.599. The molecular formula is C23H17ClN2O4. The highest BCUT2D eigenvalue weighted by Crippen LogP contribution is 2.32. The predicted octanol–water partition coefficient (Wildman–Crippen LogP) is 4.51. The van der Waals surface area contributed by atoms with Crippen molar-refractivity contribution >= 4 is 35.1 Å². The van der Waals surface area contributed by atoms with Crippen molar-refractivity contribution in [1.82, 2.24) is 4.98 Å². The largest absolute Gasteiger partial charge is 0.457 e. The molecule has 4 rings (SSSR count). The molecule has 30 heavy (non-hydrogen) atoms. The van der Waals surface area contributed by atoms with Crippen molar-refractivity contribution in [3.8, 4) is 0 Å². The first kappa shape index (κ1) is 19.8. The Morgan fingerprint density at radius 2 is 1.77 bits per heavy atom. The molecule has 0 bridgehead atoms. The molecular weight excluding hydrogens is 404 g/mol. The fourth-order valence-corrected chi connectivity index (χ4v) is 3.38. The molecule has 2 heterocycles. The van der Waals surface area contributed by atoms with Crippen molar-refractivity contribution in [2.75, 3.05) is 4.90 Å². The molecule has 0 fully saturated rings. The lowest BCUT2D eigenvalue weighted by Crippen LogP contribution is -2.30. The van der Waals surface area contributed by atoms with E-state index in [0.29, 0.717) is 16.4 Å². The summed E-state index contributed by atoms with van der Waals surface area (Å²) in [7, 11) is 0. The molecule has 3 aromatic rings. The van der Waals surface area contributed by atoms with Crippen LogP contribution in [0.5, 0.6) is 0 Å². The number of aryl methyl sites for hydroxylation is 2. The number of anilines is 1. The number of benzene rings is 2. The second-order valence-corrected chi connectivity index (χ2v) is 7.45. The van der Waals surface area contributed by atoms with Crippen LogP contribution in [-0.2, 0) is 11.3 Å². The zero-order valence-electron chi connectivity index (χ0n) is 16.3. The van der Waals surface area contributed by atoms with Crippen molar-refractivity contribution in [1.29, 1.82) is 0 Å². The van der Waals surface area contributed by atoms with Gasteiger partial charge in [-0.15, -0.1) is 0 Å². The van der Waals surface area contributed by atoms with Gasteiger partial charge in [-0.05, 0) is 55.3 Å². The summed E-state index contributed by atoms with van der Waals surface area (Å²) in [4.78, 5) is 43.4. The number of halogens is 1. The van der Waals surface area contributed by atoms with E-state index in [9.17, 15) is 14.4 Å². The molecule has 0 radical (unpaired) electrons. The third kappa shape index (κ3) is 3.57. The number of hydrogen-bond donors (Lipinski definition) is 0. The van der Waals surface area contributed by atoms with Crippen molar-refractivity contribution in [2.45, 2.75) is 20.5 Å². The monoisotopic (exact) mass is 420 g/mol. The molecule has 0 saturated heterocycles. The van der Waals surface area contributed by atoms with E-state index in [1.165, 1.54) is 24.4 Å². The summed E-state index contributed by atoms with van der Waals surface area (Å²) < 4.78 is 5.29. The normalized spacial score (nSPS) is 12.8. The summed E-state index contributed by atoms with van der Waals surface area (Å²) in [6.45, 7) is 3.75. The molecule has 150 valence electrons. The number of carbonyl (C=O) groups excluding carboxylic acids is 3. The quantitative estimate of drug-likeness (QED) is 0.352. The van der Waals surface area contributed by atoms with Crippen LogP contribution in [0.25, 0.3) is 0 Å². The van der Waals surface area contributed by atoms with Gasteiger partial charge in [0.1, 0.15) is 11.8 Å². The summed E-state index contributed by atoms with van der Waals surface area (Å²) in [6, 6.07) is 13.3. The van der Waals surface area contributed by atoms with Gasteiger partial charge in [-0.3, -0.25) is 9.59 Å². The van der Waals surface area contributed by atoms with Gasteiger partial charge in [0.25, 0.3) is 11.8 Å². The SMILES string of the molecule is Cc1ccc(C)c(N2C(=O)c3ccc(C(=O)OCc4ccc(Cl)nc4)cc3C2=O)c1. The van der Waals surface area contributed by atoms with Gasteiger partial charge in [0, 0.05) is 11.8 Å². The number of rotatable bonds is 4. The second-order valence-electron chi connectivity index (χ2n) is 7.06. The number of pyridine rings is 1. The molecule has 1 aromatic heterocycles. The van der Waals surface area contributed by atoms with E-state index in [2.05, 4.69) is 4.98 Å². The van der Waals surface area contributed by atoms with Crippen molar-refractivity contribution in [3.05, 3.63) is 93.3 Å². The molecule has 0 spiro atoms. The van der Waals surface area contributed by atoms with Crippen LogP contribution in [0.2, 0.25) is 5.15 Å². The third-order valence-corrected chi connectivity index (χ3v) is 5.11. The van der Waals surface area contributed by atoms with Crippen LogP contribution in [0.15, 0.2) is 54.7 Å². The average molecular weight is 421 g/mol. The van der Waals surface area contributed by atoms with Crippen LogP contribution in [0.4, 0.5) is 5.69 Å². The Morgan fingerprint density at radius 1 is 1.00 bits per heavy atom. The summed E-state index contributed by atoms with van der Waals surface area (Å²) in [5.74, 6) is -1.46. The Hall–Kier alpha value is -3.51. The minimum Gasteiger partial charge on any atom is -0.457 e. The van der Waals surface area contributed by atoms with Crippen LogP contribution < -0.4 is 4.90 Å². The molecule has 7 heteroatoms. The van der Waals surface area contributed by atoms with Crippen LogP contribution in [-0.4, -0.2) is 22.8 Å². The molecule has 2 amide bonds. The Labute approximate surface area is 178 Å². The lowest BCUT2D eigenvalue weighted by molar-refractivity contribution is 0.0472. The number of carbonyl (C=O) groups is 3. The molecule has 0 N–H and O–H groups in total. The fraction of sp³-hybridized carbons (Fsp3) is 0.130. The zero-order valence-corrected chi connectivity index (χ0v) is 17.1. The minimum absolute atomic E-state index is 0.0155. The fourth-order valence-electron chi connectivity index (χ4n) is 3.27. The number of imide groups is 1. The molecule has 6 nitrogen and oxygen atoms in total. The number of nitrogens with zero attached hydrogens (tertiary/aromatic N) is 2. The van der Waals surface area contributed by atoms with Crippen LogP contribution in [0.3, 0.4) is 0 Å². The zero-order chi connectivity index (χ0) is 21.4. The van der Waals surface area contributed by atoms with Gasteiger partial charge in [0.2, 0.25) is 0 Å². The maximum absolute atomic E-state index is 13.0. The Kier molecular flexibility index (Phi) is 5.10. The van der Waals surface area contributed by atoms with Gasteiger partial charge in [0.15, 0.2) is 0 Å². The number of fused-ring (bicyclic) bond motifs is 1. The molecule has 1 aliphatic rings. The first-order chi connectivity index (χ1) is 14.3. The number of ether oxygens (including phenoxy) is 1. The van der Waals surface area contributed by atoms with Crippen LogP contribution >= 0.6 is 11.6 Å². The molecule has 1 aliphatic heterocycles. The smallest absolute Gasteiger partial charge is 0.338 e. The highest BCUT2D eigenvalue weighted by Gasteiger charge is 2.38. The summed E-state index contributed by atoms with van der Waals surface area (Å²) >= 11 is 5.74. The first-order valence-electron chi connectivity index (χ1n) is 9.23. The van der Waals surface area contributed by atoms with Gasteiger partial charge in [-0.2, -0.15) is 0 Å². The standard InChI is InChI=1S/C23H17ClN2O4/c1-13-3-4-14(2)19(9-13)26-21(27)17-7-6-16(10-18(17)22(26)28)23(29)30-12-15-5-8-20(24)25-11-15/h3-11H,12H2,1-2H3.